The summed E-state index contributed by atoms with van der Waals surface area (Å²) < 4.78 is 78.4. The summed E-state index contributed by atoms with van der Waals surface area (Å²) in [5, 5.41) is 22.2. The smallest absolute Gasteiger partial charge is 0.410 e. The van der Waals surface area contributed by atoms with Gasteiger partial charge in [-0.25, -0.2) is 4.98 Å². The largest absolute Gasteiger partial charge is 0.438 e. The SMILES string of the molecule is C/C(=C\C(=O)N[C@H]1CCc2cccc3c2N(C1=O)[C@H](C(=O)N[C@@H](CCC(N)=O)[C@@H](C)OCc1ccc(CCCOCC(=O)N[C@H](C(=O)N2C[C@H](O)C[C@H]2C(=O)NCc2ccc(-c4scnc4C)cc2)C(C)(C)C)cc1)C3)c1ccc(C(F)(F)P(=O)(OCOC(=O)C(C)(C)C)OCOC(=O)C(C)(C)C)cc1. The van der Waals surface area contributed by atoms with Crippen LogP contribution in [-0.4, -0.2) is 144 Å². The molecule has 7 atom stereocenters. The summed E-state index contributed by atoms with van der Waals surface area (Å²) in [5.74, 6) is -5.47. The number of aliphatic hydroxyl groups excluding tert-OH is 1. The van der Waals surface area contributed by atoms with E-state index in [1.807, 2.05) is 94.4 Å². The molecule has 1 saturated heterocycles. The third kappa shape index (κ3) is 21.6. The molecule has 1 fully saturated rings. The zero-order chi connectivity index (χ0) is 76.9. The molecule has 0 bridgehead atoms. The Morgan fingerprint density at radius 3 is 2.03 bits per heavy atom. The van der Waals surface area contributed by atoms with Crippen LogP contribution in [0, 0.1) is 23.2 Å². The van der Waals surface area contributed by atoms with Crippen molar-refractivity contribution >= 4 is 83.5 Å². The van der Waals surface area contributed by atoms with Crippen LogP contribution in [0.2, 0.25) is 0 Å². The number of para-hydroxylation sites is 1. The second-order valence-electron chi connectivity index (χ2n) is 29.8. The first-order valence-corrected chi connectivity index (χ1v) is 37.3. The van der Waals surface area contributed by atoms with Gasteiger partial charge in [0, 0.05) is 50.6 Å². The molecule has 568 valence electrons. The lowest BCUT2D eigenvalue weighted by Gasteiger charge is -2.35. The van der Waals surface area contributed by atoms with Crippen LogP contribution in [-0.2, 0) is 114 Å². The number of halogens is 2. The molecular weight excluding hydrogens is 1400 g/mol. The van der Waals surface area contributed by atoms with Gasteiger partial charge in [0.2, 0.25) is 54.9 Å². The third-order valence-corrected chi connectivity index (χ3v) is 21.1. The van der Waals surface area contributed by atoms with Gasteiger partial charge in [0.15, 0.2) is 0 Å². The molecule has 0 aliphatic carbocycles. The van der Waals surface area contributed by atoms with E-state index in [4.69, 9.17) is 33.7 Å². The highest BCUT2D eigenvalue weighted by Gasteiger charge is 2.56. The van der Waals surface area contributed by atoms with Crippen LogP contribution in [0.1, 0.15) is 153 Å². The lowest BCUT2D eigenvalue weighted by Crippen LogP contribution is -2.58. The quantitative estimate of drug-likeness (QED) is 0.00767. The van der Waals surface area contributed by atoms with Crippen molar-refractivity contribution in [3.8, 4) is 10.4 Å². The van der Waals surface area contributed by atoms with Gasteiger partial charge in [0.05, 0.1) is 57.5 Å². The monoisotopic (exact) mass is 1490 g/mol. The number of anilines is 1. The number of thiazole rings is 1. The number of likely N-dealkylation sites (tertiary alicyclic amines) is 1. The van der Waals surface area contributed by atoms with Crippen molar-refractivity contribution in [1.29, 1.82) is 0 Å². The number of ether oxygens (including phenoxy) is 4. The number of aryl methyl sites for hydroxylation is 3. The first-order chi connectivity index (χ1) is 49.3. The number of nitrogens with one attached hydrogen (secondary N) is 4. The number of nitrogens with two attached hydrogens (primary N) is 1. The highest BCUT2D eigenvalue weighted by atomic mass is 32.1. The van der Waals surface area contributed by atoms with Crippen molar-refractivity contribution < 1.29 is 89.6 Å². The molecule has 105 heavy (non-hydrogen) atoms. The minimum absolute atomic E-state index is 0.0527. The molecule has 4 heterocycles. The molecule has 5 aromatic rings. The standard InChI is InChI=1S/C76H97F2N8O17PS/c1-45(51-26-29-55(30-27-51)76(77,78)104(97,102-43-100-71(95)74(7,8)9)103-44-101-72(96)75(10,11)12)35-62(89)82-58-31-28-52-16-13-17-54-36-60(86(64(52)54)69(58)93)68(92)83-57(32-33-61(79)88)47(3)99-40-50-20-18-48(19-21-50)15-14-34-98-41-63(90)84-66(73(4,5)6)70(94)85-39-56(87)37-59(85)67(91)80-38-49-22-24-53(25-23-49)65-46(2)81-42-105-65/h13,16-27,29-30,35,42,47,56-60,66,87H,14-15,28,31-34,36-41,43-44H2,1-12H3,(H2,79,88)(H,80,91)(H,82,89)(H,83,92)(H,84,90)/b45-35+/t47-,56-,57+,58+,59+,60+,66-/m1/s1. The fourth-order valence-electron chi connectivity index (χ4n) is 12.2. The van der Waals surface area contributed by atoms with Crippen molar-refractivity contribution in [1.82, 2.24) is 31.2 Å². The molecule has 29 heteroatoms. The number of amides is 7. The number of carbonyl (C=O) groups is 9. The van der Waals surface area contributed by atoms with E-state index in [1.165, 1.54) is 76.5 Å². The van der Waals surface area contributed by atoms with E-state index in [0.717, 1.165) is 56.1 Å². The van der Waals surface area contributed by atoms with Gasteiger partial charge in [-0.3, -0.25) is 61.7 Å². The van der Waals surface area contributed by atoms with Crippen LogP contribution in [0.4, 0.5) is 14.5 Å². The highest BCUT2D eigenvalue weighted by Crippen LogP contribution is 2.67. The molecular formula is C76H97F2N8O17PS. The molecule has 0 radical (unpaired) electrons. The molecule has 0 unspecified atom stereocenters. The average molecular weight is 1500 g/mol. The summed E-state index contributed by atoms with van der Waals surface area (Å²) in [7, 11) is -5.62. The summed E-state index contributed by atoms with van der Waals surface area (Å²) in [6.07, 6.45) is 1.51. The zero-order valence-corrected chi connectivity index (χ0v) is 63.2. The van der Waals surface area contributed by atoms with Gasteiger partial charge in [0.25, 0.3) is 0 Å². The predicted molar refractivity (Wildman–Crippen MR) is 388 cm³/mol. The number of aliphatic hydroxyl groups is 1. The average Bonchev–Trinajstić information content (AvgIpc) is 1.72. The molecule has 7 N–H and O–H groups in total. The van der Waals surface area contributed by atoms with Crippen LogP contribution in [0.5, 0.6) is 0 Å². The maximum absolute atomic E-state index is 16.3. The molecule has 3 aliphatic rings. The number of benzene rings is 4. The van der Waals surface area contributed by atoms with E-state index in [-0.39, 0.29) is 76.2 Å². The molecule has 7 amide bonds. The Kier molecular flexibility index (Phi) is 27.5. The van der Waals surface area contributed by atoms with Crippen LogP contribution in [0.25, 0.3) is 16.0 Å². The number of nitrogens with zero attached hydrogens (tertiary/aromatic N) is 3. The van der Waals surface area contributed by atoms with E-state index in [2.05, 4.69) is 26.3 Å². The van der Waals surface area contributed by atoms with Gasteiger partial charge in [-0.15, -0.1) is 11.3 Å². The lowest BCUT2D eigenvalue weighted by molar-refractivity contribution is -0.163. The normalized spacial score (nSPS) is 17.9. The maximum Gasteiger partial charge on any atom is 0.410 e. The van der Waals surface area contributed by atoms with Gasteiger partial charge in [-0.2, -0.15) is 8.78 Å². The second-order valence-corrected chi connectivity index (χ2v) is 32.7. The van der Waals surface area contributed by atoms with Crippen molar-refractivity contribution in [3.63, 3.8) is 0 Å². The minimum Gasteiger partial charge on any atom is -0.438 e. The number of aromatic nitrogens is 1. The molecule has 0 spiro atoms. The van der Waals surface area contributed by atoms with E-state index in [9.17, 15) is 52.8 Å². The van der Waals surface area contributed by atoms with Gasteiger partial charge in [0.1, 0.15) is 30.8 Å². The summed E-state index contributed by atoms with van der Waals surface area (Å²) in [4.78, 5) is 129. The second kappa shape index (κ2) is 35.2. The molecule has 1 aromatic heterocycles. The van der Waals surface area contributed by atoms with Crippen LogP contribution in [0.3, 0.4) is 0 Å². The van der Waals surface area contributed by atoms with Gasteiger partial charge < -0.3 is 56.0 Å². The van der Waals surface area contributed by atoms with E-state index in [0.29, 0.717) is 24.9 Å². The molecule has 0 saturated carbocycles. The van der Waals surface area contributed by atoms with Gasteiger partial charge in [-0.05, 0) is 144 Å². The van der Waals surface area contributed by atoms with E-state index < -0.39 is 144 Å². The lowest BCUT2D eigenvalue weighted by atomic mass is 9.85. The maximum atomic E-state index is 16.3. The number of hydrogen-bond acceptors (Lipinski definition) is 19. The Labute approximate surface area is 614 Å². The van der Waals surface area contributed by atoms with E-state index in [1.54, 1.807) is 23.8 Å². The van der Waals surface area contributed by atoms with Crippen molar-refractivity contribution in [2.24, 2.45) is 22.0 Å². The molecule has 3 aliphatic heterocycles. The van der Waals surface area contributed by atoms with Crippen molar-refractivity contribution in [2.75, 3.05) is 38.2 Å². The number of carbonyl (C=O) groups excluding carboxylic acids is 9. The highest BCUT2D eigenvalue weighted by molar-refractivity contribution is 7.54. The summed E-state index contributed by atoms with van der Waals surface area (Å²) >= 11 is 1.55. The van der Waals surface area contributed by atoms with E-state index >= 15 is 8.78 Å². The molecule has 4 aromatic carbocycles. The minimum atomic E-state index is -5.62. The Hall–Kier alpha value is -8.63. The molecule has 8 rings (SSSR count). The fraction of sp³-hybridized carbons (Fsp3) is 0.500. The molecule has 25 nitrogen and oxygen atoms in total. The summed E-state index contributed by atoms with van der Waals surface area (Å²) in [6.45, 7) is 17.6. The third-order valence-electron chi connectivity index (χ3n) is 18.3. The number of primary amides is 1. The first-order valence-electron chi connectivity index (χ1n) is 34.9. The van der Waals surface area contributed by atoms with Crippen molar-refractivity contribution in [3.05, 3.63) is 147 Å². The number of alkyl halides is 2. The Bertz CT molecular complexity index is 4000. The number of β-amino-alcohol motifs (C(OH)–C–C–N with tert-alkyl or cyclic N) is 1. The van der Waals surface area contributed by atoms with Crippen LogP contribution < -0.4 is 31.9 Å². The van der Waals surface area contributed by atoms with Crippen LogP contribution in [0.15, 0.2) is 103 Å². The van der Waals surface area contributed by atoms with Gasteiger partial charge >= 0.3 is 25.2 Å². The first kappa shape index (κ1) is 82.0. The number of esters is 2. The predicted octanol–water partition coefficient (Wildman–Crippen LogP) is 9.39. The topological polar surface area (TPSA) is 340 Å². The number of allylic oxidation sites excluding steroid dienone is 1. The number of rotatable bonds is 32. The fourth-order valence-corrected chi connectivity index (χ4v) is 14.2. The summed E-state index contributed by atoms with van der Waals surface area (Å²) in [6, 6.07) is 20.4. The zero-order valence-electron chi connectivity index (χ0n) is 61.5. The van der Waals surface area contributed by atoms with Gasteiger partial charge in [-0.1, -0.05) is 112 Å². The Morgan fingerprint density at radius 2 is 1.43 bits per heavy atom. The summed E-state index contributed by atoms with van der Waals surface area (Å²) in [5.41, 5.74) is 6.54. The van der Waals surface area contributed by atoms with Crippen LogP contribution >= 0.6 is 18.9 Å². The Morgan fingerprint density at radius 1 is 0.810 bits per heavy atom. The number of hydrogen-bond donors (Lipinski definition) is 6. The van der Waals surface area contributed by atoms with Crippen molar-refractivity contribution in [2.45, 2.75) is 196 Å². The Balaban J connectivity index is 0.815.